The Morgan fingerprint density at radius 1 is 0.564 bits per heavy atom. The highest BCUT2D eigenvalue weighted by molar-refractivity contribution is 5.70. The molecule has 55 heavy (non-hydrogen) atoms. The molecule has 0 bridgehead atoms. The number of quaternary nitrogens is 1. The Kier molecular flexibility index (Phi) is 36.3. The van der Waals surface area contributed by atoms with Crippen molar-refractivity contribution in [1.29, 1.82) is 0 Å². The van der Waals surface area contributed by atoms with E-state index in [-0.39, 0.29) is 42.7 Å². The number of rotatable bonds is 39. The molecule has 8 nitrogen and oxygen atoms in total. The maximum Gasteiger partial charge on any atom is 0.306 e. The third kappa shape index (κ3) is 36.7. The Bertz CT molecular complexity index is 1040. The van der Waals surface area contributed by atoms with Gasteiger partial charge >= 0.3 is 11.9 Å². The molecule has 0 heterocycles. The van der Waals surface area contributed by atoms with E-state index in [1.54, 1.807) is 21.1 Å². The van der Waals surface area contributed by atoms with Crippen LogP contribution >= 0.6 is 0 Å². The molecule has 0 aromatic carbocycles. The fraction of sp³-hybridized carbons (Fsp3) is 0.766. The number of ether oxygens (including phenoxy) is 3. The van der Waals surface area contributed by atoms with Crippen LogP contribution in [0.2, 0.25) is 0 Å². The van der Waals surface area contributed by atoms with Gasteiger partial charge in [0.2, 0.25) is 0 Å². The minimum atomic E-state index is -1.13. The van der Waals surface area contributed by atoms with Crippen LogP contribution in [0.3, 0.4) is 0 Å². The van der Waals surface area contributed by atoms with Gasteiger partial charge in [0.1, 0.15) is 12.6 Å². The van der Waals surface area contributed by atoms with Gasteiger partial charge < -0.3 is 28.6 Å². The van der Waals surface area contributed by atoms with Crippen molar-refractivity contribution in [2.24, 2.45) is 0 Å². The van der Waals surface area contributed by atoms with E-state index in [0.717, 1.165) is 70.6 Å². The zero-order valence-electron chi connectivity index (χ0n) is 36.1. The molecule has 0 rings (SSSR count). The number of esters is 2. The number of hydrogen-bond donors (Lipinski definition) is 0. The van der Waals surface area contributed by atoms with Crippen molar-refractivity contribution in [3.8, 4) is 0 Å². The Balaban J connectivity index is 4.39. The number of carboxylic acids is 1. The number of carboxylic acid groups (broad SMARTS) is 1. The monoisotopic (exact) mass is 774 g/mol. The van der Waals surface area contributed by atoms with Crippen molar-refractivity contribution in [3.05, 3.63) is 48.6 Å². The second kappa shape index (κ2) is 38.2. The molecule has 0 amide bonds. The van der Waals surface area contributed by atoms with Crippen molar-refractivity contribution in [2.75, 3.05) is 41.0 Å². The van der Waals surface area contributed by atoms with Gasteiger partial charge in [-0.05, 0) is 51.4 Å². The Labute approximate surface area is 337 Å². The third-order valence-corrected chi connectivity index (χ3v) is 9.73. The summed E-state index contributed by atoms with van der Waals surface area (Å²) in [6.07, 6.45) is 44.2. The van der Waals surface area contributed by atoms with Crippen LogP contribution in [-0.4, -0.2) is 75.5 Å². The highest BCUT2D eigenvalue weighted by atomic mass is 16.6. The molecule has 0 aromatic heterocycles. The average Bonchev–Trinajstić information content (AvgIpc) is 3.14. The molecule has 0 spiro atoms. The second-order valence-corrected chi connectivity index (χ2v) is 15.9. The fourth-order valence-electron chi connectivity index (χ4n) is 6.30. The van der Waals surface area contributed by atoms with Crippen molar-refractivity contribution in [2.45, 2.75) is 193 Å². The predicted molar refractivity (Wildman–Crippen MR) is 226 cm³/mol. The summed E-state index contributed by atoms with van der Waals surface area (Å²) in [6.45, 7) is 4.52. The molecule has 2 unspecified atom stereocenters. The summed E-state index contributed by atoms with van der Waals surface area (Å²) >= 11 is 0. The van der Waals surface area contributed by atoms with E-state index in [1.165, 1.54) is 77.0 Å². The first-order chi connectivity index (χ1) is 26.6. The summed E-state index contributed by atoms with van der Waals surface area (Å²) in [5.74, 6) is -1.77. The van der Waals surface area contributed by atoms with Crippen LogP contribution in [0.4, 0.5) is 0 Å². The van der Waals surface area contributed by atoms with E-state index in [0.29, 0.717) is 12.8 Å². The van der Waals surface area contributed by atoms with Crippen LogP contribution in [0.1, 0.15) is 181 Å². The number of carbonyl (C=O) groups excluding carboxylic acids is 3. The van der Waals surface area contributed by atoms with E-state index in [1.807, 2.05) is 0 Å². The van der Waals surface area contributed by atoms with Gasteiger partial charge in [0.05, 0.1) is 40.3 Å². The summed E-state index contributed by atoms with van der Waals surface area (Å²) in [5.41, 5.74) is 0. The van der Waals surface area contributed by atoms with Crippen molar-refractivity contribution >= 4 is 17.9 Å². The maximum absolute atomic E-state index is 12.7. The van der Waals surface area contributed by atoms with E-state index in [9.17, 15) is 19.5 Å². The summed E-state index contributed by atoms with van der Waals surface area (Å²) < 4.78 is 17.1. The molecule has 0 aromatic rings. The highest BCUT2D eigenvalue weighted by Gasteiger charge is 2.25. The summed E-state index contributed by atoms with van der Waals surface area (Å²) in [4.78, 5) is 36.8. The van der Waals surface area contributed by atoms with Crippen LogP contribution < -0.4 is 5.11 Å². The summed E-state index contributed by atoms with van der Waals surface area (Å²) in [6, 6.07) is -0.730. The van der Waals surface area contributed by atoms with Gasteiger partial charge in [0.15, 0.2) is 6.10 Å². The van der Waals surface area contributed by atoms with Gasteiger partial charge in [-0.2, -0.15) is 0 Å². The Hall–Kier alpha value is -2.71. The van der Waals surface area contributed by atoms with Crippen LogP contribution in [0, 0.1) is 0 Å². The van der Waals surface area contributed by atoms with Crippen molar-refractivity contribution < 1.29 is 38.2 Å². The zero-order chi connectivity index (χ0) is 40.7. The van der Waals surface area contributed by atoms with Gasteiger partial charge in [-0.1, -0.05) is 159 Å². The standard InChI is InChI=1S/C47H83NO7/c1-6-8-10-12-14-16-18-20-22-24-25-27-29-31-33-35-37-45(49)54-42-43(41-53-40-39-44(47(51)52)48(3,4)5)55-46(50)38-36-34-32-30-28-26-23-21-19-17-15-13-11-9-7-2/h8,10,14,16,20,22,25,27,43-44H,6-7,9,11-13,15,17-19,21,23-24,26,28-42H2,1-5H3/b10-8+,16-14+,22-20+,27-25+. The van der Waals surface area contributed by atoms with Gasteiger partial charge in [0, 0.05) is 19.3 Å². The van der Waals surface area contributed by atoms with Crippen LogP contribution in [-0.2, 0) is 28.6 Å². The number of hydrogen-bond acceptors (Lipinski definition) is 7. The summed E-state index contributed by atoms with van der Waals surface area (Å²) in [5, 5.41) is 11.6. The maximum atomic E-state index is 12.7. The van der Waals surface area contributed by atoms with E-state index < -0.39 is 18.1 Å². The molecule has 0 saturated heterocycles. The zero-order valence-corrected chi connectivity index (χ0v) is 36.1. The molecule has 8 heteroatoms. The molecule has 0 radical (unpaired) electrons. The number of nitrogens with zero attached hydrogens (tertiary/aromatic N) is 1. The largest absolute Gasteiger partial charge is 0.544 e. The lowest BCUT2D eigenvalue weighted by Crippen LogP contribution is -2.55. The first-order valence-corrected chi connectivity index (χ1v) is 22.2. The van der Waals surface area contributed by atoms with E-state index in [2.05, 4.69) is 62.5 Å². The minimum absolute atomic E-state index is 0.0314. The highest BCUT2D eigenvalue weighted by Crippen LogP contribution is 2.15. The SMILES string of the molecule is CC/C=C/C/C=C/C/C=C/C/C=C/CCCCCC(=O)OCC(COCCC(C(=O)[O-])[N+](C)(C)C)OC(=O)CCCCCCCCCCCCCCCCC. The summed E-state index contributed by atoms with van der Waals surface area (Å²) in [7, 11) is 5.40. The van der Waals surface area contributed by atoms with Gasteiger partial charge in [-0.15, -0.1) is 0 Å². The van der Waals surface area contributed by atoms with Crippen molar-refractivity contribution in [1.82, 2.24) is 0 Å². The molecule has 0 aliphatic rings. The first-order valence-electron chi connectivity index (χ1n) is 22.2. The van der Waals surface area contributed by atoms with Crippen LogP contribution in [0.25, 0.3) is 0 Å². The molecule has 0 aliphatic heterocycles. The molecule has 2 atom stereocenters. The quantitative estimate of drug-likeness (QED) is 0.0265. The van der Waals surface area contributed by atoms with Gasteiger partial charge in [0.25, 0.3) is 0 Å². The molecule has 318 valence electrons. The molecule has 0 aliphatic carbocycles. The third-order valence-electron chi connectivity index (χ3n) is 9.73. The molecular weight excluding hydrogens is 691 g/mol. The topological polar surface area (TPSA) is 102 Å². The predicted octanol–water partition coefficient (Wildman–Crippen LogP) is 10.7. The molecular formula is C47H83NO7. The first kappa shape index (κ1) is 52.3. The lowest BCUT2D eigenvalue weighted by Gasteiger charge is -2.34. The van der Waals surface area contributed by atoms with Gasteiger partial charge in [-0.3, -0.25) is 9.59 Å². The van der Waals surface area contributed by atoms with E-state index in [4.69, 9.17) is 14.2 Å². The number of allylic oxidation sites excluding steroid dienone is 8. The number of unbranched alkanes of at least 4 members (excludes halogenated alkanes) is 17. The minimum Gasteiger partial charge on any atom is -0.544 e. The number of aliphatic carboxylic acids is 1. The Morgan fingerprint density at radius 3 is 1.51 bits per heavy atom. The number of likely N-dealkylation sites (N-methyl/N-ethyl adjacent to an activating group) is 1. The lowest BCUT2D eigenvalue weighted by atomic mass is 10.0. The van der Waals surface area contributed by atoms with Crippen LogP contribution in [0.15, 0.2) is 48.6 Å². The average molecular weight is 774 g/mol. The fourth-order valence-corrected chi connectivity index (χ4v) is 6.30. The van der Waals surface area contributed by atoms with Crippen LogP contribution in [0.5, 0.6) is 0 Å². The lowest BCUT2D eigenvalue weighted by molar-refractivity contribution is -0.889. The van der Waals surface area contributed by atoms with E-state index >= 15 is 0 Å². The smallest absolute Gasteiger partial charge is 0.306 e. The normalized spacial score (nSPS) is 13.4. The molecule has 0 fully saturated rings. The van der Waals surface area contributed by atoms with Crippen molar-refractivity contribution in [3.63, 3.8) is 0 Å². The number of carbonyl (C=O) groups is 3. The molecule has 0 N–H and O–H groups in total. The molecule has 0 saturated carbocycles. The second-order valence-electron chi connectivity index (χ2n) is 15.9. The Morgan fingerprint density at radius 2 is 1.02 bits per heavy atom. The van der Waals surface area contributed by atoms with Gasteiger partial charge in [-0.25, -0.2) is 0 Å².